The van der Waals surface area contributed by atoms with Crippen LogP contribution in [0.2, 0.25) is 0 Å². The van der Waals surface area contributed by atoms with Crippen molar-refractivity contribution in [1.82, 2.24) is 5.32 Å². The molecule has 0 saturated heterocycles. The predicted molar refractivity (Wildman–Crippen MR) is 70.0 cm³/mol. The van der Waals surface area contributed by atoms with E-state index in [1.165, 1.54) is 5.56 Å². The molecule has 1 aromatic rings. The monoisotopic (exact) mass is 237 g/mol. The van der Waals surface area contributed by atoms with Gasteiger partial charge in [0.1, 0.15) is 0 Å². The molecule has 1 aromatic carbocycles. The summed E-state index contributed by atoms with van der Waals surface area (Å²) in [6, 6.07) is 8.48. The molecule has 0 spiro atoms. The van der Waals surface area contributed by atoms with Crippen molar-refractivity contribution < 1.29 is 9.84 Å². The van der Waals surface area contributed by atoms with Crippen LogP contribution in [0.1, 0.15) is 25.0 Å². The molecule has 1 unspecified atom stereocenters. The average molecular weight is 237 g/mol. The van der Waals surface area contributed by atoms with Crippen LogP contribution < -0.4 is 5.32 Å². The van der Waals surface area contributed by atoms with E-state index >= 15 is 0 Å². The Morgan fingerprint density at radius 2 is 1.88 bits per heavy atom. The molecular weight excluding hydrogens is 214 g/mol. The first kappa shape index (κ1) is 14.2. The number of aliphatic hydroxyl groups excluding tert-OH is 1. The standard InChI is InChI=1S/C14H23NO2/c1-3-17-11-12(2)15-9-8-13-4-6-14(10-16)7-5-13/h4-7,12,15-16H,3,8-11H2,1-2H3. The molecule has 0 aromatic heterocycles. The molecule has 0 radical (unpaired) electrons. The Bertz CT molecular complexity index is 298. The molecule has 1 atom stereocenters. The maximum Gasteiger partial charge on any atom is 0.0681 e. The molecule has 3 nitrogen and oxygen atoms in total. The molecule has 17 heavy (non-hydrogen) atoms. The number of rotatable bonds is 8. The van der Waals surface area contributed by atoms with E-state index < -0.39 is 0 Å². The van der Waals surface area contributed by atoms with Crippen molar-refractivity contribution >= 4 is 0 Å². The molecule has 3 heteroatoms. The maximum atomic E-state index is 8.93. The van der Waals surface area contributed by atoms with Gasteiger partial charge in [-0.15, -0.1) is 0 Å². The van der Waals surface area contributed by atoms with Gasteiger partial charge in [0.05, 0.1) is 13.2 Å². The minimum Gasteiger partial charge on any atom is -0.392 e. The third kappa shape index (κ3) is 5.82. The lowest BCUT2D eigenvalue weighted by Gasteiger charge is -2.13. The molecule has 0 fully saturated rings. The highest BCUT2D eigenvalue weighted by Gasteiger charge is 2.00. The van der Waals surface area contributed by atoms with Crippen LogP contribution in [-0.2, 0) is 17.8 Å². The van der Waals surface area contributed by atoms with E-state index in [2.05, 4.69) is 24.4 Å². The van der Waals surface area contributed by atoms with Crippen molar-refractivity contribution in [1.29, 1.82) is 0 Å². The quantitative estimate of drug-likeness (QED) is 0.723. The number of aliphatic hydroxyl groups is 1. The average Bonchev–Trinajstić information content (AvgIpc) is 2.37. The van der Waals surface area contributed by atoms with E-state index in [4.69, 9.17) is 9.84 Å². The van der Waals surface area contributed by atoms with Gasteiger partial charge in [-0.1, -0.05) is 24.3 Å². The smallest absolute Gasteiger partial charge is 0.0681 e. The second-order valence-electron chi connectivity index (χ2n) is 4.24. The Balaban J connectivity index is 2.21. The van der Waals surface area contributed by atoms with Gasteiger partial charge >= 0.3 is 0 Å². The van der Waals surface area contributed by atoms with E-state index in [0.717, 1.165) is 31.7 Å². The van der Waals surface area contributed by atoms with Gasteiger partial charge < -0.3 is 15.2 Å². The van der Waals surface area contributed by atoms with Gasteiger partial charge in [-0.25, -0.2) is 0 Å². The van der Waals surface area contributed by atoms with E-state index in [-0.39, 0.29) is 6.61 Å². The summed E-state index contributed by atoms with van der Waals surface area (Å²) < 4.78 is 5.34. The lowest BCUT2D eigenvalue weighted by molar-refractivity contribution is 0.127. The zero-order valence-corrected chi connectivity index (χ0v) is 10.8. The van der Waals surface area contributed by atoms with Gasteiger partial charge in [0, 0.05) is 12.6 Å². The van der Waals surface area contributed by atoms with Crippen molar-refractivity contribution in [2.75, 3.05) is 19.8 Å². The Kier molecular flexibility index (Phi) is 6.86. The fourth-order valence-electron chi connectivity index (χ4n) is 1.63. The Morgan fingerprint density at radius 3 is 2.47 bits per heavy atom. The molecule has 0 saturated carbocycles. The van der Waals surface area contributed by atoms with Crippen LogP contribution in [0, 0.1) is 0 Å². The van der Waals surface area contributed by atoms with Crippen molar-refractivity contribution in [3.8, 4) is 0 Å². The number of hydrogen-bond donors (Lipinski definition) is 2. The van der Waals surface area contributed by atoms with Crippen LogP contribution in [0.3, 0.4) is 0 Å². The molecule has 0 aliphatic rings. The fourth-order valence-corrected chi connectivity index (χ4v) is 1.63. The van der Waals surface area contributed by atoms with Gasteiger partial charge in [0.2, 0.25) is 0 Å². The van der Waals surface area contributed by atoms with Crippen LogP contribution in [0.25, 0.3) is 0 Å². The van der Waals surface area contributed by atoms with Crippen LogP contribution in [-0.4, -0.2) is 30.9 Å². The summed E-state index contributed by atoms with van der Waals surface area (Å²) in [4.78, 5) is 0. The molecular formula is C14H23NO2. The minimum absolute atomic E-state index is 0.115. The van der Waals surface area contributed by atoms with Crippen LogP contribution in [0.5, 0.6) is 0 Å². The van der Waals surface area contributed by atoms with Gasteiger partial charge in [0.15, 0.2) is 0 Å². The zero-order chi connectivity index (χ0) is 12.5. The molecule has 0 aliphatic heterocycles. The number of hydrogen-bond acceptors (Lipinski definition) is 3. The summed E-state index contributed by atoms with van der Waals surface area (Å²) >= 11 is 0. The third-order valence-electron chi connectivity index (χ3n) is 2.68. The van der Waals surface area contributed by atoms with Gasteiger partial charge in [-0.3, -0.25) is 0 Å². The van der Waals surface area contributed by atoms with Crippen LogP contribution >= 0.6 is 0 Å². The van der Waals surface area contributed by atoms with Crippen molar-refractivity contribution in [3.05, 3.63) is 35.4 Å². The molecule has 0 aliphatic carbocycles. The molecule has 96 valence electrons. The number of ether oxygens (including phenoxy) is 1. The van der Waals surface area contributed by atoms with Gasteiger partial charge in [0.25, 0.3) is 0 Å². The highest BCUT2D eigenvalue weighted by atomic mass is 16.5. The van der Waals surface area contributed by atoms with Gasteiger partial charge in [-0.05, 0) is 37.9 Å². The van der Waals surface area contributed by atoms with Crippen LogP contribution in [0.15, 0.2) is 24.3 Å². The minimum atomic E-state index is 0.115. The predicted octanol–water partition coefficient (Wildman–Crippen LogP) is 1.74. The lowest BCUT2D eigenvalue weighted by Crippen LogP contribution is -2.32. The second-order valence-corrected chi connectivity index (χ2v) is 4.24. The normalized spacial score (nSPS) is 12.6. The Labute approximate surface area is 104 Å². The van der Waals surface area contributed by atoms with E-state index in [9.17, 15) is 0 Å². The molecule has 0 amide bonds. The summed E-state index contributed by atoms with van der Waals surface area (Å²) in [5.41, 5.74) is 2.25. The lowest BCUT2D eigenvalue weighted by atomic mass is 10.1. The molecule has 1 rings (SSSR count). The highest BCUT2D eigenvalue weighted by molar-refractivity contribution is 5.22. The summed E-state index contributed by atoms with van der Waals surface area (Å²) in [6.45, 7) is 6.74. The van der Waals surface area contributed by atoms with Crippen LogP contribution in [0.4, 0.5) is 0 Å². The summed E-state index contributed by atoms with van der Waals surface area (Å²) in [7, 11) is 0. The topological polar surface area (TPSA) is 41.5 Å². The van der Waals surface area contributed by atoms with E-state index in [0.29, 0.717) is 6.04 Å². The van der Waals surface area contributed by atoms with Crippen molar-refractivity contribution in [3.63, 3.8) is 0 Å². The van der Waals surface area contributed by atoms with E-state index in [1.54, 1.807) is 0 Å². The molecule has 0 bridgehead atoms. The fraction of sp³-hybridized carbons (Fsp3) is 0.571. The summed E-state index contributed by atoms with van der Waals surface area (Å²) in [6.07, 6.45) is 1.00. The summed E-state index contributed by atoms with van der Waals surface area (Å²) in [5.74, 6) is 0. The van der Waals surface area contributed by atoms with Gasteiger partial charge in [-0.2, -0.15) is 0 Å². The largest absolute Gasteiger partial charge is 0.392 e. The first-order chi connectivity index (χ1) is 8.26. The zero-order valence-electron chi connectivity index (χ0n) is 10.8. The number of nitrogens with one attached hydrogen (secondary N) is 1. The maximum absolute atomic E-state index is 8.93. The van der Waals surface area contributed by atoms with E-state index in [1.807, 2.05) is 19.1 Å². The SMILES string of the molecule is CCOCC(C)NCCc1ccc(CO)cc1. The highest BCUT2D eigenvalue weighted by Crippen LogP contribution is 2.04. The molecule has 0 heterocycles. The number of benzene rings is 1. The first-order valence-corrected chi connectivity index (χ1v) is 6.26. The van der Waals surface area contributed by atoms with Crippen molar-refractivity contribution in [2.45, 2.75) is 32.9 Å². The Hall–Kier alpha value is -0.900. The third-order valence-corrected chi connectivity index (χ3v) is 2.68. The van der Waals surface area contributed by atoms with Crippen molar-refractivity contribution in [2.24, 2.45) is 0 Å². The first-order valence-electron chi connectivity index (χ1n) is 6.26. The molecule has 2 N–H and O–H groups in total. The Morgan fingerprint density at radius 1 is 1.24 bits per heavy atom. The second kappa shape index (κ2) is 8.23. The summed E-state index contributed by atoms with van der Waals surface area (Å²) in [5, 5.41) is 12.4.